The normalized spacial score (nSPS) is 13.5. The zero-order chi connectivity index (χ0) is 22.1. The second kappa shape index (κ2) is 8.44. The van der Waals surface area contributed by atoms with Gasteiger partial charge in [-0.2, -0.15) is 13.8 Å². The molecule has 1 aromatic carbocycles. The summed E-state index contributed by atoms with van der Waals surface area (Å²) in [6, 6.07) is 5.03. The van der Waals surface area contributed by atoms with Gasteiger partial charge in [0.05, 0.1) is 18.9 Å². The maximum atomic E-state index is 14.2. The summed E-state index contributed by atoms with van der Waals surface area (Å²) >= 11 is 0. The van der Waals surface area contributed by atoms with Crippen molar-refractivity contribution >= 4 is 39.1 Å². The van der Waals surface area contributed by atoms with Crippen LogP contribution >= 0.6 is 0 Å². The van der Waals surface area contributed by atoms with Crippen molar-refractivity contribution in [3.8, 4) is 0 Å². The van der Waals surface area contributed by atoms with E-state index >= 15 is 0 Å². The third-order valence-electron chi connectivity index (χ3n) is 4.49. The number of aromatic nitrogens is 2. The maximum absolute atomic E-state index is 14.2. The highest BCUT2D eigenvalue weighted by molar-refractivity contribution is 7.88. The van der Waals surface area contributed by atoms with Crippen molar-refractivity contribution in [2.45, 2.75) is 13.0 Å². The third kappa shape index (κ3) is 4.79. The van der Waals surface area contributed by atoms with Crippen LogP contribution in [0.2, 0.25) is 0 Å². The average molecular weight is 444 g/mol. The largest absolute Gasteiger partial charge is 0.325 e. The van der Waals surface area contributed by atoms with Crippen molar-refractivity contribution in [3.05, 3.63) is 35.8 Å². The Morgan fingerprint density at radius 3 is 2.70 bits per heavy atom. The number of nitrogens with zero attached hydrogens (tertiary/aromatic N) is 4. The van der Waals surface area contributed by atoms with Crippen LogP contribution in [0.3, 0.4) is 0 Å². The molecule has 0 radical (unpaired) electrons. The number of carbonyl (C=O) groups excluding carboxylic acids is 1. The van der Waals surface area contributed by atoms with Gasteiger partial charge < -0.3 is 10.6 Å². The summed E-state index contributed by atoms with van der Waals surface area (Å²) in [5.41, 5.74) is 1.73. The van der Waals surface area contributed by atoms with Gasteiger partial charge in [-0.1, -0.05) is 6.07 Å². The summed E-state index contributed by atoms with van der Waals surface area (Å²) in [4.78, 5) is 19.6. The number of hydrogen-bond acceptors (Lipinski definition) is 7. The highest BCUT2D eigenvalue weighted by Crippen LogP contribution is 2.31. The lowest BCUT2D eigenvalue weighted by atomic mass is 10.1. The van der Waals surface area contributed by atoms with Gasteiger partial charge in [0, 0.05) is 37.1 Å². The monoisotopic (exact) mass is 444 g/mol. The van der Waals surface area contributed by atoms with Gasteiger partial charge in [-0.15, -0.1) is 0 Å². The van der Waals surface area contributed by atoms with Crippen LogP contribution in [0.1, 0.15) is 5.56 Å². The Bertz CT molecular complexity index is 1070. The maximum Gasteiger partial charge on any atom is 0.316 e. The molecule has 0 unspecified atom stereocenters. The number of hydrogen-bond donors (Lipinski definition) is 2. The Morgan fingerprint density at radius 2 is 2.03 bits per heavy atom. The molecule has 0 spiro atoms. The highest BCUT2D eigenvalue weighted by Gasteiger charge is 2.25. The first kappa shape index (κ1) is 21.8. The van der Waals surface area contributed by atoms with E-state index in [-0.39, 0.29) is 24.8 Å². The topological polar surface area (TPSA) is 108 Å². The SMILES string of the molecule is CN(CCN(c1nc(Nc2cccc3c2CC(=O)N3)ncc1F)C(F)F)S(C)(=O)=O. The molecular formula is C17H19F3N6O3S. The minimum absolute atomic E-state index is 0.119. The van der Waals surface area contributed by atoms with Crippen LogP contribution in [0, 0.1) is 5.82 Å². The zero-order valence-electron chi connectivity index (χ0n) is 16.1. The summed E-state index contributed by atoms with van der Waals surface area (Å²) in [7, 11) is -2.36. The molecule has 1 aromatic heterocycles. The van der Waals surface area contributed by atoms with Gasteiger partial charge in [-0.05, 0) is 12.1 Å². The predicted octanol–water partition coefficient (Wildman–Crippen LogP) is 1.77. The van der Waals surface area contributed by atoms with Crippen molar-refractivity contribution in [2.75, 3.05) is 41.9 Å². The fourth-order valence-electron chi connectivity index (χ4n) is 2.82. The summed E-state index contributed by atoms with van der Waals surface area (Å²) in [6.45, 7) is -3.92. The van der Waals surface area contributed by atoms with Crippen LogP contribution in [-0.4, -0.2) is 61.5 Å². The number of benzene rings is 1. The lowest BCUT2D eigenvalue weighted by molar-refractivity contribution is -0.115. The second-order valence-corrected chi connectivity index (χ2v) is 8.69. The van der Waals surface area contributed by atoms with Crippen molar-refractivity contribution in [2.24, 2.45) is 0 Å². The van der Waals surface area contributed by atoms with E-state index in [4.69, 9.17) is 0 Å². The summed E-state index contributed by atoms with van der Waals surface area (Å²) < 4.78 is 65.2. The van der Waals surface area contributed by atoms with Gasteiger partial charge in [0.15, 0.2) is 11.6 Å². The molecule has 1 aliphatic rings. The molecule has 0 atom stereocenters. The predicted molar refractivity (Wildman–Crippen MR) is 105 cm³/mol. The van der Waals surface area contributed by atoms with Crippen LogP contribution in [0.4, 0.5) is 36.3 Å². The fourth-order valence-corrected chi connectivity index (χ4v) is 3.23. The van der Waals surface area contributed by atoms with Crippen molar-refractivity contribution < 1.29 is 26.4 Å². The summed E-state index contributed by atoms with van der Waals surface area (Å²) in [6.07, 6.45) is 1.80. The molecule has 162 valence electrons. The molecule has 0 saturated carbocycles. The van der Waals surface area contributed by atoms with Crippen molar-refractivity contribution in [1.29, 1.82) is 0 Å². The van der Waals surface area contributed by atoms with Gasteiger partial charge in [0.25, 0.3) is 0 Å². The number of nitrogens with one attached hydrogen (secondary N) is 2. The van der Waals surface area contributed by atoms with Crippen LogP contribution in [0.25, 0.3) is 0 Å². The highest BCUT2D eigenvalue weighted by atomic mass is 32.2. The van der Waals surface area contributed by atoms with E-state index in [0.29, 0.717) is 21.8 Å². The molecular weight excluding hydrogens is 425 g/mol. The Balaban J connectivity index is 1.85. The second-order valence-electron chi connectivity index (χ2n) is 6.60. The molecule has 0 aliphatic carbocycles. The van der Waals surface area contributed by atoms with E-state index in [9.17, 15) is 26.4 Å². The lowest BCUT2D eigenvalue weighted by Gasteiger charge is -2.25. The van der Waals surface area contributed by atoms with E-state index in [1.807, 2.05) is 0 Å². The van der Waals surface area contributed by atoms with E-state index in [0.717, 1.165) is 16.8 Å². The quantitative estimate of drug-likeness (QED) is 0.598. The van der Waals surface area contributed by atoms with Crippen LogP contribution < -0.4 is 15.5 Å². The fraction of sp³-hybridized carbons (Fsp3) is 0.353. The van der Waals surface area contributed by atoms with Gasteiger partial charge in [-0.25, -0.2) is 22.1 Å². The Morgan fingerprint density at radius 1 is 1.30 bits per heavy atom. The molecule has 1 aliphatic heterocycles. The van der Waals surface area contributed by atoms with Crippen molar-refractivity contribution in [3.63, 3.8) is 0 Å². The summed E-state index contributed by atoms with van der Waals surface area (Å²) in [5, 5.41) is 5.49. The number of carbonyl (C=O) groups is 1. The number of sulfonamides is 1. The van der Waals surface area contributed by atoms with E-state index in [1.54, 1.807) is 18.2 Å². The van der Waals surface area contributed by atoms with Crippen molar-refractivity contribution in [1.82, 2.24) is 14.3 Å². The molecule has 0 saturated heterocycles. The molecule has 0 fully saturated rings. The standard InChI is InChI=1S/C17H19F3N6O3S/c1-25(30(2,28)29)6-7-26(16(19)20)15-11(18)9-21-17(24-15)23-13-5-3-4-12-10(13)8-14(27)22-12/h3-5,9,16H,6-8H2,1-2H3,(H,22,27)(H,21,23,24). The molecule has 2 aromatic rings. The lowest BCUT2D eigenvalue weighted by Crippen LogP contribution is -2.39. The van der Waals surface area contributed by atoms with Gasteiger partial charge >= 0.3 is 6.55 Å². The van der Waals surface area contributed by atoms with E-state index in [2.05, 4.69) is 20.6 Å². The first-order valence-corrected chi connectivity index (χ1v) is 10.6. The third-order valence-corrected chi connectivity index (χ3v) is 5.80. The summed E-state index contributed by atoms with van der Waals surface area (Å²) in [5.74, 6) is -2.11. The number of alkyl halides is 2. The molecule has 2 heterocycles. The van der Waals surface area contributed by atoms with Gasteiger partial charge in [-0.3, -0.25) is 9.69 Å². The minimum atomic E-state index is -3.59. The molecule has 30 heavy (non-hydrogen) atoms. The molecule has 0 bridgehead atoms. The first-order valence-electron chi connectivity index (χ1n) is 8.73. The number of anilines is 4. The zero-order valence-corrected chi connectivity index (χ0v) is 16.9. The molecule has 1 amide bonds. The number of halogens is 3. The number of amides is 1. The Labute approximate surface area is 171 Å². The van der Waals surface area contributed by atoms with Crippen LogP contribution in [0.15, 0.2) is 24.4 Å². The van der Waals surface area contributed by atoms with E-state index in [1.165, 1.54) is 7.05 Å². The first-order chi connectivity index (χ1) is 14.1. The van der Waals surface area contributed by atoms with Gasteiger partial charge in [0.2, 0.25) is 21.9 Å². The van der Waals surface area contributed by atoms with Crippen LogP contribution in [0.5, 0.6) is 0 Å². The van der Waals surface area contributed by atoms with E-state index < -0.39 is 34.8 Å². The number of fused-ring (bicyclic) bond motifs is 1. The average Bonchev–Trinajstić information content (AvgIpc) is 3.04. The minimum Gasteiger partial charge on any atom is -0.325 e. The number of likely N-dealkylation sites (N-methyl/N-ethyl adjacent to an activating group) is 1. The smallest absolute Gasteiger partial charge is 0.316 e. The molecule has 2 N–H and O–H groups in total. The Kier molecular flexibility index (Phi) is 6.12. The van der Waals surface area contributed by atoms with Crippen LogP contribution in [-0.2, 0) is 21.2 Å². The molecule has 13 heteroatoms. The molecule has 9 nitrogen and oxygen atoms in total. The Hall–Kier alpha value is -2.93. The number of rotatable bonds is 8. The van der Waals surface area contributed by atoms with Gasteiger partial charge in [0.1, 0.15) is 0 Å². The molecule has 3 rings (SSSR count).